The lowest BCUT2D eigenvalue weighted by Crippen LogP contribution is -2.86. The minimum atomic E-state index is -0.000295. The summed E-state index contributed by atoms with van der Waals surface area (Å²) in [7, 11) is 0. The molecular formula is C16H18BrN2O+. The van der Waals surface area contributed by atoms with Crippen LogP contribution in [0.5, 0.6) is 0 Å². The number of quaternary nitrogens is 1. The lowest BCUT2D eigenvalue weighted by molar-refractivity contribution is -0.682. The summed E-state index contributed by atoms with van der Waals surface area (Å²) in [5.74, 6) is -0.000295. The Labute approximate surface area is 127 Å². The first-order chi connectivity index (χ1) is 9.66. The van der Waals surface area contributed by atoms with E-state index in [1.807, 2.05) is 47.8 Å². The van der Waals surface area contributed by atoms with Crippen molar-refractivity contribution < 1.29 is 10.1 Å². The highest BCUT2D eigenvalue weighted by Gasteiger charge is 2.11. The topological polar surface area (TPSA) is 45.7 Å². The third kappa shape index (κ3) is 4.18. The molecule has 0 aliphatic heterocycles. The van der Waals surface area contributed by atoms with Crippen LogP contribution in [0.1, 0.15) is 18.5 Å². The van der Waals surface area contributed by atoms with Gasteiger partial charge in [-0.3, -0.25) is 4.79 Å². The van der Waals surface area contributed by atoms with E-state index in [1.54, 1.807) is 0 Å². The minimum absolute atomic E-state index is 0.000295. The van der Waals surface area contributed by atoms with Crippen LogP contribution in [-0.4, -0.2) is 12.5 Å². The number of para-hydroxylation sites is 1. The van der Waals surface area contributed by atoms with Gasteiger partial charge in [-0.25, -0.2) is 0 Å². The Hall–Kier alpha value is -1.65. The van der Waals surface area contributed by atoms with E-state index in [-0.39, 0.29) is 11.9 Å². The summed E-state index contributed by atoms with van der Waals surface area (Å²) in [6.45, 7) is 2.50. The molecule has 0 bridgehead atoms. The molecule has 0 aliphatic rings. The number of benzene rings is 2. The maximum absolute atomic E-state index is 11.9. The highest BCUT2D eigenvalue weighted by molar-refractivity contribution is 9.10. The van der Waals surface area contributed by atoms with E-state index in [0.29, 0.717) is 6.54 Å². The SMILES string of the molecule is C[C@@H]([NH2+]CC(=O)Nc1ccccc1Br)c1ccccc1. The molecular weight excluding hydrogens is 316 g/mol. The van der Waals surface area contributed by atoms with Crippen LogP contribution in [0.2, 0.25) is 0 Å². The average Bonchev–Trinajstić information content (AvgIpc) is 2.48. The number of nitrogens with one attached hydrogen (secondary N) is 1. The van der Waals surface area contributed by atoms with Gasteiger partial charge in [-0.05, 0) is 35.0 Å². The second-order valence-corrected chi connectivity index (χ2v) is 5.52. The summed E-state index contributed by atoms with van der Waals surface area (Å²) in [5.41, 5.74) is 2.03. The van der Waals surface area contributed by atoms with Crippen molar-refractivity contribution in [3.05, 3.63) is 64.6 Å². The predicted octanol–water partition coefficient (Wildman–Crippen LogP) is 2.71. The lowest BCUT2D eigenvalue weighted by Gasteiger charge is -2.11. The maximum atomic E-state index is 11.9. The zero-order valence-electron chi connectivity index (χ0n) is 11.3. The van der Waals surface area contributed by atoms with E-state index in [2.05, 4.69) is 40.3 Å². The van der Waals surface area contributed by atoms with E-state index in [9.17, 15) is 4.79 Å². The van der Waals surface area contributed by atoms with Gasteiger partial charge >= 0.3 is 0 Å². The minimum Gasteiger partial charge on any atom is -0.333 e. The molecule has 0 radical (unpaired) electrons. The van der Waals surface area contributed by atoms with Crippen molar-refractivity contribution in [2.45, 2.75) is 13.0 Å². The Bertz CT molecular complexity index is 572. The normalized spacial score (nSPS) is 11.9. The Kier molecular flexibility index (Phi) is 5.32. The summed E-state index contributed by atoms with van der Waals surface area (Å²) in [5, 5.41) is 4.93. The van der Waals surface area contributed by atoms with Crippen molar-refractivity contribution in [3.63, 3.8) is 0 Å². The fourth-order valence-electron chi connectivity index (χ4n) is 1.94. The standard InChI is InChI=1S/C16H17BrN2O/c1-12(13-7-3-2-4-8-13)18-11-16(20)19-15-10-6-5-9-14(15)17/h2-10,12,18H,11H2,1H3,(H,19,20)/p+1/t12-/m1/s1. The molecule has 3 nitrogen and oxygen atoms in total. The number of hydrogen-bond acceptors (Lipinski definition) is 1. The molecule has 1 atom stereocenters. The molecule has 0 spiro atoms. The van der Waals surface area contributed by atoms with Crippen LogP contribution in [0.4, 0.5) is 5.69 Å². The molecule has 2 aromatic carbocycles. The third-order valence-electron chi connectivity index (χ3n) is 3.13. The molecule has 0 aromatic heterocycles. The molecule has 2 aromatic rings. The number of anilines is 1. The Morgan fingerprint density at radius 3 is 2.50 bits per heavy atom. The summed E-state index contributed by atoms with van der Waals surface area (Å²) in [4.78, 5) is 11.9. The molecule has 0 aliphatic carbocycles. The molecule has 1 amide bonds. The van der Waals surface area contributed by atoms with Gasteiger partial charge < -0.3 is 10.6 Å². The van der Waals surface area contributed by atoms with Gasteiger partial charge in [0.15, 0.2) is 6.54 Å². The monoisotopic (exact) mass is 333 g/mol. The Balaban J connectivity index is 1.85. The zero-order chi connectivity index (χ0) is 14.4. The lowest BCUT2D eigenvalue weighted by atomic mass is 10.1. The maximum Gasteiger partial charge on any atom is 0.279 e. The molecule has 2 rings (SSSR count). The predicted molar refractivity (Wildman–Crippen MR) is 84.4 cm³/mol. The largest absolute Gasteiger partial charge is 0.333 e. The molecule has 0 saturated heterocycles. The quantitative estimate of drug-likeness (QED) is 0.868. The van der Waals surface area contributed by atoms with Crippen molar-refractivity contribution in [2.24, 2.45) is 0 Å². The van der Waals surface area contributed by atoms with Gasteiger partial charge in [0.1, 0.15) is 6.04 Å². The van der Waals surface area contributed by atoms with E-state index < -0.39 is 0 Å². The molecule has 3 N–H and O–H groups in total. The molecule has 4 heteroatoms. The molecule has 0 heterocycles. The first-order valence-electron chi connectivity index (χ1n) is 6.59. The summed E-state index contributed by atoms with van der Waals surface area (Å²) in [6, 6.07) is 18.0. The van der Waals surface area contributed by atoms with E-state index in [4.69, 9.17) is 0 Å². The summed E-state index contributed by atoms with van der Waals surface area (Å²) >= 11 is 3.42. The van der Waals surface area contributed by atoms with E-state index in [1.165, 1.54) is 5.56 Å². The van der Waals surface area contributed by atoms with Crippen LogP contribution in [0.3, 0.4) is 0 Å². The van der Waals surface area contributed by atoms with Crippen molar-refractivity contribution in [3.8, 4) is 0 Å². The average molecular weight is 334 g/mol. The number of rotatable bonds is 5. The van der Waals surface area contributed by atoms with Crippen LogP contribution in [0.25, 0.3) is 0 Å². The van der Waals surface area contributed by atoms with Crippen LogP contribution in [0.15, 0.2) is 59.1 Å². The third-order valence-corrected chi connectivity index (χ3v) is 3.82. The number of hydrogen-bond donors (Lipinski definition) is 2. The Morgan fingerprint density at radius 1 is 1.15 bits per heavy atom. The highest BCUT2D eigenvalue weighted by Crippen LogP contribution is 2.20. The second-order valence-electron chi connectivity index (χ2n) is 4.67. The fourth-order valence-corrected chi connectivity index (χ4v) is 2.32. The smallest absolute Gasteiger partial charge is 0.279 e. The zero-order valence-corrected chi connectivity index (χ0v) is 12.9. The second kappa shape index (κ2) is 7.22. The van der Waals surface area contributed by atoms with E-state index >= 15 is 0 Å². The first-order valence-corrected chi connectivity index (χ1v) is 7.39. The fraction of sp³-hybridized carbons (Fsp3) is 0.188. The van der Waals surface area contributed by atoms with Crippen LogP contribution < -0.4 is 10.6 Å². The van der Waals surface area contributed by atoms with Gasteiger partial charge in [0.2, 0.25) is 0 Å². The van der Waals surface area contributed by atoms with Crippen LogP contribution >= 0.6 is 15.9 Å². The van der Waals surface area contributed by atoms with Gasteiger partial charge in [0.05, 0.1) is 5.69 Å². The first kappa shape index (κ1) is 14.8. The van der Waals surface area contributed by atoms with E-state index in [0.717, 1.165) is 10.2 Å². The number of halogens is 1. The molecule has 0 unspecified atom stereocenters. The number of amides is 1. The highest BCUT2D eigenvalue weighted by atomic mass is 79.9. The van der Waals surface area contributed by atoms with Crippen LogP contribution in [-0.2, 0) is 4.79 Å². The molecule has 0 fully saturated rings. The molecule has 104 valence electrons. The van der Waals surface area contributed by atoms with Crippen molar-refractivity contribution in [1.29, 1.82) is 0 Å². The summed E-state index contributed by atoms with van der Waals surface area (Å²) < 4.78 is 0.893. The van der Waals surface area contributed by atoms with Crippen molar-refractivity contribution >= 4 is 27.5 Å². The number of carbonyl (C=O) groups is 1. The Morgan fingerprint density at radius 2 is 1.80 bits per heavy atom. The molecule has 0 saturated carbocycles. The van der Waals surface area contributed by atoms with Gasteiger partial charge in [-0.1, -0.05) is 42.5 Å². The van der Waals surface area contributed by atoms with Gasteiger partial charge in [0.25, 0.3) is 5.91 Å². The summed E-state index contributed by atoms with van der Waals surface area (Å²) in [6.07, 6.45) is 0. The van der Waals surface area contributed by atoms with Gasteiger partial charge in [0, 0.05) is 10.0 Å². The van der Waals surface area contributed by atoms with Gasteiger partial charge in [-0.2, -0.15) is 0 Å². The van der Waals surface area contributed by atoms with Gasteiger partial charge in [-0.15, -0.1) is 0 Å². The van der Waals surface area contributed by atoms with Crippen LogP contribution in [0, 0.1) is 0 Å². The number of carbonyl (C=O) groups excluding carboxylic acids is 1. The van der Waals surface area contributed by atoms with Crippen molar-refractivity contribution in [2.75, 3.05) is 11.9 Å². The number of nitrogens with two attached hydrogens (primary N) is 1. The molecule has 20 heavy (non-hydrogen) atoms. The van der Waals surface area contributed by atoms with Crippen molar-refractivity contribution in [1.82, 2.24) is 0 Å².